The minimum Gasteiger partial charge on any atom is -0.459 e. The molecule has 0 aromatic carbocycles. The maximum Gasteiger partial charge on any atom is 0.358 e. The topological polar surface area (TPSA) is 26.3 Å². The summed E-state index contributed by atoms with van der Waals surface area (Å²) in [6.07, 6.45) is 17.4. The third kappa shape index (κ3) is 5.47. The number of alkyl halides is 3. The summed E-state index contributed by atoms with van der Waals surface area (Å²) in [4.78, 5) is 12.1. The summed E-state index contributed by atoms with van der Waals surface area (Å²) in [6.45, 7) is 12.3. The van der Waals surface area contributed by atoms with E-state index in [0.717, 1.165) is 54.8 Å². The fraction of sp³-hybridized carbons (Fsp3) is 0.900. The van der Waals surface area contributed by atoms with Gasteiger partial charge in [0.05, 0.1) is 0 Å². The van der Waals surface area contributed by atoms with Crippen LogP contribution in [0.5, 0.6) is 0 Å². The molecule has 0 aromatic heterocycles. The van der Waals surface area contributed by atoms with Gasteiger partial charge >= 0.3 is 5.97 Å². The Bertz CT molecular complexity index is 802. The summed E-state index contributed by atoms with van der Waals surface area (Å²) in [6, 6.07) is 0. The third-order valence-electron chi connectivity index (χ3n) is 11.4. The zero-order chi connectivity index (χ0) is 25.6. The quantitative estimate of drug-likeness (QED) is 0.181. The maximum atomic E-state index is 12.1. The first-order valence-corrected chi connectivity index (χ1v) is 15.5. The lowest BCUT2D eigenvalue weighted by Gasteiger charge is -2.58. The fourth-order valence-corrected chi connectivity index (χ4v) is 9.30. The van der Waals surface area contributed by atoms with Crippen molar-refractivity contribution in [1.82, 2.24) is 0 Å². The van der Waals surface area contributed by atoms with Crippen molar-refractivity contribution in [3.05, 3.63) is 11.6 Å². The summed E-state index contributed by atoms with van der Waals surface area (Å²) < 4.78 is 3.59. The molecule has 0 aliphatic heterocycles. The molecule has 0 spiro atoms. The van der Waals surface area contributed by atoms with E-state index in [4.69, 9.17) is 39.5 Å². The van der Waals surface area contributed by atoms with Crippen LogP contribution in [0.4, 0.5) is 0 Å². The Morgan fingerprint density at radius 3 is 2.51 bits per heavy atom. The van der Waals surface area contributed by atoms with Crippen molar-refractivity contribution >= 4 is 40.8 Å². The van der Waals surface area contributed by atoms with E-state index in [0.29, 0.717) is 5.41 Å². The first-order valence-electron chi connectivity index (χ1n) is 14.4. The summed E-state index contributed by atoms with van der Waals surface area (Å²) in [5.41, 5.74) is 2.25. The van der Waals surface area contributed by atoms with Crippen molar-refractivity contribution in [1.29, 1.82) is 0 Å². The van der Waals surface area contributed by atoms with Gasteiger partial charge in [0.2, 0.25) is 0 Å². The molecule has 4 rings (SSSR count). The van der Waals surface area contributed by atoms with Gasteiger partial charge in [-0.25, -0.2) is 4.79 Å². The Kier molecular flexibility index (Phi) is 8.58. The number of allylic oxidation sites excluding steroid dienone is 1. The minimum absolute atomic E-state index is 0.170. The van der Waals surface area contributed by atoms with Crippen LogP contribution in [-0.2, 0) is 9.53 Å². The van der Waals surface area contributed by atoms with Gasteiger partial charge in [0.1, 0.15) is 6.10 Å². The molecule has 0 bridgehead atoms. The molecule has 8 atom stereocenters. The molecule has 0 unspecified atom stereocenters. The second-order valence-corrected chi connectivity index (χ2v) is 15.5. The average Bonchev–Trinajstić information content (AvgIpc) is 3.12. The number of hydrogen-bond acceptors (Lipinski definition) is 2. The Morgan fingerprint density at radius 2 is 1.86 bits per heavy atom. The van der Waals surface area contributed by atoms with Gasteiger partial charge < -0.3 is 4.74 Å². The van der Waals surface area contributed by atoms with Crippen LogP contribution in [0.15, 0.2) is 11.6 Å². The molecular formula is C30H47Cl3O2. The summed E-state index contributed by atoms with van der Waals surface area (Å²) >= 11 is 17.2. The Balaban J connectivity index is 1.41. The number of rotatable bonds is 7. The summed E-state index contributed by atoms with van der Waals surface area (Å²) in [5.74, 6) is 4.31. The Morgan fingerprint density at radius 1 is 1.11 bits per heavy atom. The van der Waals surface area contributed by atoms with Crippen LogP contribution in [0.2, 0.25) is 0 Å². The van der Waals surface area contributed by atoms with Gasteiger partial charge in [0, 0.05) is 6.42 Å². The van der Waals surface area contributed by atoms with Crippen LogP contribution in [0.3, 0.4) is 0 Å². The average molecular weight is 546 g/mol. The van der Waals surface area contributed by atoms with Crippen molar-refractivity contribution in [2.24, 2.45) is 46.3 Å². The highest BCUT2D eigenvalue weighted by Crippen LogP contribution is 2.67. The first kappa shape index (κ1) is 28.1. The Labute approximate surface area is 229 Å². The minimum atomic E-state index is -1.99. The molecule has 0 aromatic rings. The van der Waals surface area contributed by atoms with E-state index in [1.807, 2.05) is 0 Å². The van der Waals surface area contributed by atoms with E-state index in [1.54, 1.807) is 0 Å². The zero-order valence-electron chi connectivity index (χ0n) is 22.6. The molecular weight excluding hydrogens is 499 g/mol. The van der Waals surface area contributed by atoms with Gasteiger partial charge in [-0.05, 0) is 97.7 Å². The van der Waals surface area contributed by atoms with E-state index < -0.39 is 9.76 Å². The zero-order valence-corrected chi connectivity index (χ0v) is 24.8. The van der Waals surface area contributed by atoms with Gasteiger partial charge in [-0.15, -0.1) is 0 Å². The lowest BCUT2D eigenvalue weighted by Crippen LogP contribution is -2.50. The van der Waals surface area contributed by atoms with Crippen LogP contribution in [0.25, 0.3) is 0 Å². The first-order chi connectivity index (χ1) is 16.4. The molecule has 0 N–H and O–H groups in total. The smallest absolute Gasteiger partial charge is 0.358 e. The number of halogens is 3. The molecule has 4 aliphatic rings. The normalized spacial score (nSPS) is 39.9. The van der Waals surface area contributed by atoms with Crippen LogP contribution >= 0.6 is 34.8 Å². The summed E-state index contributed by atoms with van der Waals surface area (Å²) in [5, 5.41) is 0. The Hall–Kier alpha value is 0.0800. The van der Waals surface area contributed by atoms with Gasteiger partial charge in [0.25, 0.3) is 3.79 Å². The molecule has 0 amide bonds. The number of esters is 1. The highest BCUT2D eigenvalue weighted by molar-refractivity contribution is 6.75. The predicted molar refractivity (Wildman–Crippen MR) is 148 cm³/mol. The number of carbonyl (C=O) groups is 1. The van der Waals surface area contributed by atoms with E-state index >= 15 is 0 Å². The molecule has 5 heteroatoms. The van der Waals surface area contributed by atoms with Crippen LogP contribution < -0.4 is 0 Å². The maximum absolute atomic E-state index is 12.1. The van der Waals surface area contributed by atoms with Gasteiger partial charge in [-0.2, -0.15) is 0 Å². The predicted octanol–water partition coefficient (Wildman–Crippen LogP) is 9.70. The van der Waals surface area contributed by atoms with Crippen LogP contribution in [-0.4, -0.2) is 15.9 Å². The molecule has 0 radical (unpaired) electrons. The molecule has 2 nitrogen and oxygen atoms in total. The lowest BCUT2D eigenvalue weighted by molar-refractivity contribution is -0.150. The lowest BCUT2D eigenvalue weighted by atomic mass is 9.47. The molecule has 3 saturated carbocycles. The van der Waals surface area contributed by atoms with E-state index in [1.165, 1.54) is 63.4 Å². The monoisotopic (exact) mass is 544 g/mol. The second kappa shape index (κ2) is 10.7. The highest BCUT2D eigenvalue weighted by Gasteiger charge is 2.58. The largest absolute Gasteiger partial charge is 0.459 e. The third-order valence-corrected chi connectivity index (χ3v) is 11.8. The van der Waals surface area contributed by atoms with Gasteiger partial charge in [0.15, 0.2) is 0 Å². The van der Waals surface area contributed by atoms with Crippen molar-refractivity contribution < 1.29 is 9.53 Å². The van der Waals surface area contributed by atoms with Crippen molar-refractivity contribution in [2.45, 2.75) is 122 Å². The van der Waals surface area contributed by atoms with Crippen molar-refractivity contribution in [2.75, 3.05) is 0 Å². The van der Waals surface area contributed by atoms with Gasteiger partial charge in [-0.3, -0.25) is 0 Å². The van der Waals surface area contributed by atoms with E-state index in [9.17, 15) is 4.79 Å². The standard InChI is InChI=1S/C30H47Cl3O2/c1-6-20(19(2)3)8-7-9-21-11-13-25-24-12-10-22-18-23(35-27(34)30(31,32)33)14-16-29(22,5)26(24)15-17-28(21,25)4/h10,19-21,23-26H,6-9,11-18H2,1-5H3/t20-,21+,23+,24+,25+,26+,28-,29+/m1/s1. The van der Waals surface area contributed by atoms with Crippen molar-refractivity contribution in [3.8, 4) is 0 Å². The van der Waals surface area contributed by atoms with E-state index in [2.05, 4.69) is 40.7 Å². The molecule has 4 aliphatic carbocycles. The SMILES string of the molecule is CC[C@H](CCC[C@H]1CC[C@H]2[C@@H]3CC=C4C[C@@H](OC(=O)C(Cl)(Cl)Cl)CC[C@]4(C)[C@H]3CC[C@]12C)C(C)C. The number of ether oxygens (including phenoxy) is 1. The second-order valence-electron chi connectivity index (χ2n) is 13.2. The molecule has 200 valence electrons. The van der Waals surface area contributed by atoms with Crippen molar-refractivity contribution in [3.63, 3.8) is 0 Å². The molecule has 35 heavy (non-hydrogen) atoms. The van der Waals surface area contributed by atoms with Gasteiger partial charge in [-0.1, -0.05) is 100 Å². The fourth-order valence-electron chi connectivity index (χ4n) is 9.16. The number of hydrogen-bond donors (Lipinski definition) is 0. The molecule has 0 saturated heterocycles. The number of carbonyl (C=O) groups excluding carboxylic acids is 1. The summed E-state index contributed by atoms with van der Waals surface area (Å²) in [7, 11) is 0. The molecule has 3 fully saturated rings. The molecule has 0 heterocycles. The van der Waals surface area contributed by atoms with Crippen LogP contribution in [0, 0.1) is 46.3 Å². The van der Waals surface area contributed by atoms with E-state index in [-0.39, 0.29) is 11.5 Å². The number of fused-ring (bicyclic) bond motifs is 5. The highest BCUT2D eigenvalue weighted by atomic mass is 35.6. The van der Waals surface area contributed by atoms with Crippen LogP contribution in [0.1, 0.15) is 112 Å².